The maximum Gasteiger partial charge on any atom is 0.451 e. The first kappa shape index (κ1) is 19.4. The van der Waals surface area contributed by atoms with Crippen LogP contribution in [0, 0.1) is 17.8 Å². The molecule has 2 fully saturated rings. The number of amides is 1. The molecule has 1 aliphatic heterocycles. The summed E-state index contributed by atoms with van der Waals surface area (Å²) in [6.45, 7) is 0.451. The van der Waals surface area contributed by atoms with Crippen molar-refractivity contribution in [2.45, 2.75) is 57.4 Å². The van der Waals surface area contributed by atoms with Crippen molar-refractivity contribution in [2.75, 3.05) is 6.54 Å². The quantitative estimate of drug-likeness (QED) is 0.793. The van der Waals surface area contributed by atoms with Gasteiger partial charge in [-0.25, -0.2) is 0 Å². The number of hydrogen-bond acceptors (Lipinski definition) is 4. The van der Waals surface area contributed by atoms with Gasteiger partial charge < -0.3 is 15.2 Å². The Morgan fingerprint density at radius 3 is 2.38 bits per heavy atom. The monoisotopic (exact) mass is 393 g/mol. The summed E-state index contributed by atoms with van der Waals surface area (Å²) in [6, 6.07) is 0.191. The van der Waals surface area contributed by atoms with E-state index in [1.807, 2.05) is 0 Å². The lowest BCUT2D eigenvalue weighted by Crippen LogP contribution is -2.50. The minimum atomic E-state index is -4.52. The van der Waals surface area contributed by atoms with E-state index in [4.69, 9.17) is 5.73 Å². The average Bonchev–Trinajstić information content (AvgIpc) is 2.97. The normalized spacial score (nSPS) is 31.2. The van der Waals surface area contributed by atoms with Crippen LogP contribution in [0.15, 0.2) is 0 Å². The molecule has 4 rings (SSSR count). The Balaban J connectivity index is 0.00000196. The first-order valence-corrected chi connectivity index (χ1v) is 8.88. The molecule has 0 aromatic carbocycles. The average molecular weight is 394 g/mol. The number of alkyl halides is 3. The van der Waals surface area contributed by atoms with Crippen molar-refractivity contribution in [3.8, 4) is 0 Å². The number of aromatic nitrogens is 3. The zero-order valence-electron chi connectivity index (χ0n) is 14.3. The molecule has 0 spiro atoms. The van der Waals surface area contributed by atoms with Gasteiger partial charge in [0.1, 0.15) is 0 Å². The molecule has 2 heterocycles. The summed E-state index contributed by atoms with van der Waals surface area (Å²) < 4.78 is 39.8. The lowest BCUT2D eigenvalue weighted by atomic mass is 9.65. The largest absolute Gasteiger partial charge is 0.451 e. The fourth-order valence-electron chi connectivity index (χ4n) is 4.80. The fourth-order valence-corrected chi connectivity index (χ4v) is 4.80. The van der Waals surface area contributed by atoms with Gasteiger partial charge in [0.05, 0.1) is 6.54 Å². The first-order valence-electron chi connectivity index (χ1n) is 8.88. The molecular formula is C16H23ClF3N5O. The van der Waals surface area contributed by atoms with Crippen molar-refractivity contribution in [3.05, 3.63) is 11.6 Å². The second-order valence-corrected chi connectivity index (χ2v) is 7.55. The van der Waals surface area contributed by atoms with E-state index in [0.717, 1.165) is 30.3 Å². The van der Waals surface area contributed by atoms with Gasteiger partial charge in [-0.15, -0.1) is 22.6 Å². The van der Waals surface area contributed by atoms with Crippen molar-refractivity contribution in [3.63, 3.8) is 0 Å². The van der Waals surface area contributed by atoms with E-state index in [1.165, 1.54) is 6.42 Å². The van der Waals surface area contributed by atoms with Crippen LogP contribution in [0.4, 0.5) is 13.2 Å². The van der Waals surface area contributed by atoms with Crippen molar-refractivity contribution in [1.29, 1.82) is 0 Å². The van der Waals surface area contributed by atoms with Crippen molar-refractivity contribution in [2.24, 2.45) is 23.5 Å². The highest BCUT2D eigenvalue weighted by molar-refractivity contribution is 5.85. The molecule has 2 saturated carbocycles. The Morgan fingerprint density at radius 1 is 1.12 bits per heavy atom. The van der Waals surface area contributed by atoms with E-state index in [9.17, 15) is 18.0 Å². The molecule has 10 heteroatoms. The Kier molecular flexibility index (Phi) is 5.22. The van der Waals surface area contributed by atoms with Crippen LogP contribution in [0.3, 0.4) is 0 Å². The van der Waals surface area contributed by atoms with E-state index < -0.39 is 12.0 Å². The molecule has 0 radical (unpaired) electrons. The van der Waals surface area contributed by atoms with Gasteiger partial charge in [0.25, 0.3) is 0 Å². The topological polar surface area (TPSA) is 77.0 Å². The van der Waals surface area contributed by atoms with Crippen LogP contribution < -0.4 is 5.73 Å². The van der Waals surface area contributed by atoms with Crippen LogP contribution in [-0.4, -0.2) is 38.2 Å². The third kappa shape index (κ3) is 3.31. The van der Waals surface area contributed by atoms with E-state index >= 15 is 0 Å². The lowest BCUT2D eigenvalue weighted by molar-refractivity contribution is -0.148. The second kappa shape index (κ2) is 6.99. The number of fused-ring (bicyclic) bond motifs is 3. The minimum Gasteiger partial charge on any atom is -0.333 e. The van der Waals surface area contributed by atoms with Gasteiger partial charge in [0, 0.05) is 25.0 Å². The van der Waals surface area contributed by atoms with Gasteiger partial charge in [0.15, 0.2) is 5.82 Å². The highest BCUT2D eigenvalue weighted by atomic mass is 35.5. The van der Waals surface area contributed by atoms with Gasteiger partial charge in [-0.05, 0) is 37.5 Å². The third-order valence-electron chi connectivity index (χ3n) is 6.08. The van der Waals surface area contributed by atoms with Crippen molar-refractivity contribution >= 4 is 18.3 Å². The molecule has 146 valence electrons. The Morgan fingerprint density at radius 2 is 1.77 bits per heavy atom. The number of halogens is 4. The van der Waals surface area contributed by atoms with Gasteiger partial charge in [-0.2, -0.15) is 13.2 Å². The predicted molar refractivity (Wildman–Crippen MR) is 89.2 cm³/mol. The van der Waals surface area contributed by atoms with Gasteiger partial charge >= 0.3 is 6.18 Å². The summed E-state index contributed by atoms with van der Waals surface area (Å²) in [5.41, 5.74) is 6.28. The van der Waals surface area contributed by atoms with Crippen LogP contribution in [0.25, 0.3) is 0 Å². The van der Waals surface area contributed by atoms with Crippen LogP contribution in [0.1, 0.15) is 43.8 Å². The van der Waals surface area contributed by atoms with E-state index in [-0.39, 0.29) is 55.7 Å². The van der Waals surface area contributed by atoms with Gasteiger partial charge in [0.2, 0.25) is 11.7 Å². The Hall–Kier alpha value is -1.35. The van der Waals surface area contributed by atoms with E-state index in [2.05, 4.69) is 10.2 Å². The van der Waals surface area contributed by atoms with Crippen LogP contribution in [0.2, 0.25) is 0 Å². The van der Waals surface area contributed by atoms with Crippen LogP contribution in [-0.2, 0) is 24.1 Å². The molecule has 2 N–H and O–H groups in total. The summed E-state index contributed by atoms with van der Waals surface area (Å²) in [4.78, 5) is 14.6. The summed E-state index contributed by atoms with van der Waals surface area (Å²) in [5, 5.41) is 6.91. The second-order valence-electron chi connectivity index (χ2n) is 7.55. The molecule has 26 heavy (non-hydrogen) atoms. The smallest absolute Gasteiger partial charge is 0.333 e. The third-order valence-corrected chi connectivity index (χ3v) is 6.08. The number of nitrogens with zero attached hydrogens (tertiary/aromatic N) is 4. The van der Waals surface area contributed by atoms with Gasteiger partial charge in [-0.3, -0.25) is 4.79 Å². The van der Waals surface area contributed by atoms with Crippen molar-refractivity contribution < 1.29 is 18.0 Å². The number of carbonyl (C=O) groups excluding carboxylic acids is 1. The summed E-state index contributed by atoms with van der Waals surface area (Å²) in [7, 11) is 0. The Labute approximate surface area is 155 Å². The molecular weight excluding hydrogens is 371 g/mol. The summed E-state index contributed by atoms with van der Waals surface area (Å²) in [6.07, 6.45) is 0.405. The molecule has 1 aromatic heterocycles. The minimum absolute atomic E-state index is 0. The maximum atomic E-state index is 12.9. The SMILES string of the molecule is Cl.NC1C2CCCC1CC(C(=O)N1CCn3c(nnc3C(F)(F)F)C1)C2. The molecule has 0 saturated heterocycles. The lowest BCUT2D eigenvalue weighted by Gasteiger charge is -2.44. The molecule has 3 aliphatic rings. The molecule has 2 unspecified atom stereocenters. The standard InChI is InChI=1S/C16H22F3N5O.ClH/c17-16(18,19)15-22-21-12-8-23(4-5-24(12)15)14(25)11-6-9-2-1-3-10(7-11)13(9)20;/h9-11,13H,1-8,20H2;1H. The highest BCUT2D eigenvalue weighted by Crippen LogP contribution is 2.42. The molecule has 2 bridgehead atoms. The molecule has 2 aliphatic carbocycles. The highest BCUT2D eigenvalue weighted by Gasteiger charge is 2.43. The number of nitrogens with two attached hydrogens (primary N) is 1. The first-order chi connectivity index (χ1) is 11.8. The summed E-state index contributed by atoms with van der Waals surface area (Å²) >= 11 is 0. The molecule has 1 amide bonds. The predicted octanol–water partition coefficient (Wildman–Crippen LogP) is 2.21. The van der Waals surface area contributed by atoms with E-state index in [0.29, 0.717) is 11.8 Å². The number of rotatable bonds is 1. The number of carbonyl (C=O) groups is 1. The van der Waals surface area contributed by atoms with E-state index in [1.54, 1.807) is 4.90 Å². The number of hydrogen-bond donors (Lipinski definition) is 1. The van der Waals surface area contributed by atoms with Gasteiger partial charge in [-0.1, -0.05) is 6.42 Å². The van der Waals surface area contributed by atoms with Crippen LogP contribution in [0.5, 0.6) is 0 Å². The zero-order valence-corrected chi connectivity index (χ0v) is 15.1. The maximum absolute atomic E-state index is 12.9. The summed E-state index contributed by atoms with van der Waals surface area (Å²) in [5.74, 6) is -0.0101. The molecule has 6 nitrogen and oxygen atoms in total. The fraction of sp³-hybridized carbons (Fsp3) is 0.812. The molecule has 1 aromatic rings. The van der Waals surface area contributed by atoms with Crippen LogP contribution >= 0.6 is 12.4 Å². The molecule has 2 atom stereocenters. The van der Waals surface area contributed by atoms with Crippen molar-refractivity contribution in [1.82, 2.24) is 19.7 Å². The Bertz CT molecular complexity index is 665. The zero-order chi connectivity index (χ0) is 17.8.